The fourth-order valence-electron chi connectivity index (χ4n) is 4.29. The van der Waals surface area contributed by atoms with E-state index in [1.165, 1.54) is 13.1 Å². The second-order valence-corrected chi connectivity index (χ2v) is 11.4. The molecular weight excluding hydrogens is 462 g/mol. The van der Waals surface area contributed by atoms with Gasteiger partial charge in [0.05, 0.1) is 11.4 Å². The van der Waals surface area contributed by atoms with Crippen molar-refractivity contribution in [1.82, 2.24) is 4.31 Å². The molecule has 0 aromatic heterocycles. The minimum atomic E-state index is -3.88. The van der Waals surface area contributed by atoms with Crippen LogP contribution in [0.1, 0.15) is 37.3 Å². The molecule has 0 bridgehead atoms. The van der Waals surface area contributed by atoms with E-state index in [0.717, 1.165) is 40.4 Å². The smallest absolute Gasteiger partial charge is 0.243 e. The Balaban J connectivity index is 1.48. The van der Waals surface area contributed by atoms with Crippen LogP contribution in [0.2, 0.25) is 5.02 Å². The molecule has 176 valence electrons. The first-order valence-corrected chi connectivity index (χ1v) is 12.9. The van der Waals surface area contributed by atoms with Crippen molar-refractivity contribution in [3.05, 3.63) is 52.5 Å². The van der Waals surface area contributed by atoms with E-state index in [-0.39, 0.29) is 29.3 Å². The second kappa shape index (κ2) is 9.08. The van der Waals surface area contributed by atoms with Gasteiger partial charge >= 0.3 is 0 Å². The summed E-state index contributed by atoms with van der Waals surface area (Å²) in [6.07, 6.45) is 3.53. The van der Waals surface area contributed by atoms with Crippen LogP contribution in [-0.4, -0.2) is 44.2 Å². The van der Waals surface area contributed by atoms with Gasteiger partial charge in [0, 0.05) is 35.4 Å². The maximum Gasteiger partial charge on any atom is 0.243 e. The Bertz CT molecular complexity index is 1210. The molecule has 1 fully saturated rings. The molecule has 2 aliphatic rings. The average Bonchev–Trinajstić information content (AvgIpc) is 3.04. The van der Waals surface area contributed by atoms with Gasteiger partial charge < -0.3 is 10.2 Å². The molecule has 2 aromatic rings. The van der Waals surface area contributed by atoms with Gasteiger partial charge in [-0.2, -0.15) is 4.31 Å². The Morgan fingerprint density at radius 2 is 1.91 bits per heavy atom. The highest BCUT2D eigenvalue weighted by atomic mass is 35.5. The van der Waals surface area contributed by atoms with E-state index in [0.29, 0.717) is 17.1 Å². The van der Waals surface area contributed by atoms with E-state index in [4.69, 9.17) is 11.6 Å². The van der Waals surface area contributed by atoms with Crippen molar-refractivity contribution in [1.29, 1.82) is 0 Å². The number of nitrogens with one attached hydrogen (secondary N) is 1. The predicted octanol–water partition coefficient (Wildman–Crippen LogP) is 3.99. The maximum absolute atomic E-state index is 13.1. The SMILES string of the molecule is Cc1ccc(NC(=O)CN(C)S(=O)(=O)c2ccc3c(c2)C[C@H](C)N3C(=O)C2CCC2)cc1Cl. The highest BCUT2D eigenvalue weighted by Crippen LogP contribution is 2.38. The Morgan fingerprint density at radius 1 is 1.18 bits per heavy atom. The number of likely N-dealkylation sites (N-methyl/N-ethyl adjacent to an activating group) is 1. The Kier molecular flexibility index (Phi) is 6.53. The van der Waals surface area contributed by atoms with E-state index < -0.39 is 15.9 Å². The number of hydrogen-bond acceptors (Lipinski definition) is 4. The lowest BCUT2D eigenvalue weighted by Crippen LogP contribution is -2.42. The number of sulfonamides is 1. The summed E-state index contributed by atoms with van der Waals surface area (Å²) in [6.45, 7) is 3.50. The average molecular weight is 490 g/mol. The predicted molar refractivity (Wildman–Crippen MR) is 129 cm³/mol. The van der Waals surface area contributed by atoms with Crippen molar-refractivity contribution < 1.29 is 18.0 Å². The maximum atomic E-state index is 13.1. The zero-order valence-corrected chi connectivity index (χ0v) is 20.5. The number of fused-ring (bicyclic) bond motifs is 1. The number of hydrogen-bond donors (Lipinski definition) is 1. The van der Waals surface area contributed by atoms with Crippen LogP contribution in [0.3, 0.4) is 0 Å². The highest BCUT2D eigenvalue weighted by molar-refractivity contribution is 7.89. The lowest BCUT2D eigenvalue weighted by Gasteiger charge is -2.32. The Labute approximate surface area is 199 Å². The van der Waals surface area contributed by atoms with Crippen molar-refractivity contribution in [3.8, 4) is 0 Å². The van der Waals surface area contributed by atoms with Crippen molar-refractivity contribution in [2.75, 3.05) is 23.8 Å². The summed E-state index contributed by atoms with van der Waals surface area (Å²) in [5, 5.41) is 3.20. The summed E-state index contributed by atoms with van der Waals surface area (Å²) in [6, 6.07) is 9.97. The number of aryl methyl sites for hydroxylation is 1. The molecule has 2 amide bonds. The van der Waals surface area contributed by atoms with Gasteiger partial charge in [-0.3, -0.25) is 9.59 Å². The number of nitrogens with zero attached hydrogens (tertiary/aromatic N) is 2. The van der Waals surface area contributed by atoms with Crippen LogP contribution in [-0.2, 0) is 26.0 Å². The Morgan fingerprint density at radius 3 is 2.55 bits per heavy atom. The quantitative estimate of drug-likeness (QED) is 0.664. The van der Waals surface area contributed by atoms with Gasteiger partial charge in [-0.1, -0.05) is 24.1 Å². The number of anilines is 2. The van der Waals surface area contributed by atoms with Crippen LogP contribution in [0.5, 0.6) is 0 Å². The summed E-state index contributed by atoms with van der Waals surface area (Å²) in [5.74, 6) is -0.254. The van der Waals surface area contributed by atoms with E-state index >= 15 is 0 Å². The molecule has 1 N–H and O–H groups in total. The highest BCUT2D eigenvalue weighted by Gasteiger charge is 2.37. The van der Waals surface area contributed by atoms with E-state index in [1.54, 1.807) is 30.3 Å². The molecule has 0 unspecified atom stereocenters. The monoisotopic (exact) mass is 489 g/mol. The van der Waals surface area contributed by atoms with Crippen LogP contribution in [0, 0.1) is 12.8 Å². The summed E-state index contributed by atoms with van der Waals surface area (Å²) in [4.78, 5) is 27.2. The molecule has 1 aliphatic carbocycles. The topological polar surface area (TPSA) is 86.8 Å². The molecule has 1 heterocycles. The number of carbonyl (C=O) groups is 2. The molecule has 0 spiro atoms. The largest absolute Gasteiger partial charge is 0.325 e. The fourth-order valence-corrected chi connectivity index (χ4v) is 5.65. The standard InChI is InChI=1S/C24H28ClN3O4S/c1-15-7-8-19(13-21(15)25)26-23(29)14-27(3)33(31,32)20-9-10-22-18(12-20)11-16(2)28(22)24(30)17-5-4-6-17/h7-10,12-13,16-17H,4-6,11,14H2,1-3H3,(H,26,29)/t16-/m0/s1. The minimum absolute atomic E-state index is 0.00380. The number of carbonyl (C=O) groups excluding carboxylic acids is 2. The molecule has 1 atom stereocenters. The van der Waals surface area contributed by atoms with Gasteiger partial charge in [-0.25, -0.2) is 8.42 Å². The summed E-state index contributed by atoms with van der Waals surface area (Å²) >= 11 is 6.09. The lowest BCUT2D eigenvalue weighted by atomic mass is 9.84. The molecule has 1 saturated carbocycles. The normalized spacial score (nSPS) is 18.2. The third-order valence-corrected chi connectivity index (χ3v) is 8.70. The van der Waals surface area contributed by atoms with Crippen molar-refractivity contribution in [3.63, 3.8) is 0 Å². The van der Waals surface area contributed by atoms with Crippen LogP contribution in [0.15, 0.2) is 41.3 Å². The molecule has 33 heavy (non-hydrogen) atoms. The first-order valence-electron chi connectivity index (χ1n) is 11.1. The fraction of sp³-hybridized carbons (Fsp3) is 0.417. The van der Waals surface area contributed by atoms with Crippen LogP contribution >= 0.6 is 11.6 Å². The second-order valence-electron chi connectivity index (χ2n) is 8.95. The number of amides is 2. The zero-order chi connectivity index (χ0) is 23.9. The van der Waals surface area contributed by atoms with Crippen LogP contribution in [0.25, 0.3) is 0 Å². The van der Waals surface area contributed by atoms with E-state index in [9.17, 15) is 18.0 Å². The zero-order valence-electron chi connectivity index (χ0n) is 19.0. The molecular formula is C24H28ClN3O4S. The van der Waals surface area contributed by atoms with Gasteiger partial charge in [0.2, 0.25) is 21.8 Å². The van der Waals surface area contributed by atoms with Crippen molar-refractivity contribution in [2.24, 2.45) is 5.92 Å². The number of rotatable bonds is 6. The first kappa shape index (κ1) is 23.7. The van der Waals surface area contributed by atoms with Crippen LogP contribution < -0.4 is 10.2 Å². The van der Waals surface area contributed by atoms with Gasteiger partial charge in [0.25, 0.3) is 0 Å². The minimum Gasteiger partial charge on any atom is -0.325 e. The molecule has 0 radical (unpaired) electrons. The third kappa shape index (κ3) is 4.65. The molecule has 7 nitrogen and oxygen atoms in total. The molecule has 4 rings (SSSR count). The molecule has 9 heteroatoms. The van der Waals surface area contributed by atoms with Gasteiger partial charge in [-0.05, 0) is 74.6 Å². The first-order chi connectivity index (χ1) is 15.6. The molecule has 1 aliphatic heterocycles. The molecule has 0 saturated heterocycles. The Hall–Kier alpha value is -2.42. The lowest BCUT2D eigenvalue weighted by molar-refractivity contribution is -0.125. The van der Waals surface area contributed by atoms with Gasteiger partial charge in [-0.15, -0.1) is 0 Å². The van der Waals surface area contributed by atoms with Gasteiger partial charge in [0.1, 0.15) is 0 Å². The van der Waals surface area contributed by atoms with Crippen LogP contribution in [0.4, 0.5) is 11.4 Å². The van der Waals surface area contributed by atoms with Crippen molar-refractivity contribution in [2.45, 2.75) is 50.5 Å². The van der Waals surface area contributed by atoms with E-state index in [2.05, 4.69) is 5.32 Å². The summed E-state index contributed by atoms with van der Waals surface area (Å²) < 4.78 is 27.3. The van der Waals surface area contributed by atoms with Gasteiger partial charge in [0.15, 0.2) is 0 Å². The summed E-state index contributed by atoms with van der Waals surface area (Å²) in [5.41, 5.74) is 3.01. The number of benzene rings is 2. The third-order valence-electron chi connectivity index (χ3n) is 6.49. The van der Waals surface area contributed by atoms with E-state index in [1.807, 2.05) is 18.7 Å². The molecule has 2 aromatic carbocycles. The number of halogens is 1. The van der Waals surface area contributed by atoms with Crippen molar-refractivity contribution >= 4 is 44.8 Å². The summed E-state index contributed by atoms with van der Waals surface area (Å²) in [7, 11) is -2.51.